The van der Waals surface area contributed by atoms with Gasteiger partial charge in [0, 0.05) is 17.2 Å². The molecule has 78 valence electrons. The van der Waals surface area contributed by atoms with Crippen LogP contribution in [0.3, 0.4) is 0 Å². The van der Waals surface area contributed by atoms with Gasteiger partial charge in [0.25, 0.3) is 0 Å². The van der Waals surface area contributed by atoms with Crippen LogP contribution in [0.15, 0.2) is 22.7 Å². The number of nitrogens with zero attached hydrogens (tertiary/aromatic N) is 1. The van der Waals surface area contributed by atoms with Crippen molar-refractivity contribution >= 4 is 27.6 Å². The number of carboxylic acids is 1. The zero-order valence-electron chi connectivity index (χ0n) is 8.20. The number of carbonyl (C=O) groups is 1. The Balaban J connectivity index is 3.09. The van der Waals surface area contributed by atoms with Gasteiger partial charge in [0.1, 0.15) is 0 Å². The molecular formula is C11H10BrNO2. The molecule has 15 heavy (non-hydrogen) atoms. The highest BCUT2D eigenvalue weighted by Gasteiger charge is 2.08. The van der Waals surface area contributed by atoms with Crippen molar-refractivity contribution in [1.82, 2.24) is 0 Å². The summed E-state index contributed by atoms with van der Waals surface area (Å²) in [4.78, 5) is 12.6. The van der Waals surface area contributed by atoms with Gasteiger partial charge in [-0.1, -0.05) is 21.9 Å². The van der Waals surface area contributed by atoms with Gasteiger partial charge in [0.15, 0.2) is 0 Å². The van der Waals surface area contributed by atoms with E-state index < -0.39 is 5.97 Å². The van der Waals surface area contributed by atoms with Gasteiger partial charge in [-0.15, -0.1) is 6.42 Å². The number of rotatable bonds is 3. The van der Waals surface area contributed by atoms with Gasteiger partial charge in [0.05, 0.1) is 12.1 Å². The van der Waals surface area contributed by atoms with E-state index in [0.29, 0.717) is 6.54 Å². The van der Waals surface area contributed by atoms with Crippen LogP contribution in [-0.2, 0) is 0 Å². The molecule has 0 aliphatic heterocycles. The molecule has 0 unspecified atom stereocenters. The molecule has 3 nitrogen and oxygen atoms in total. The Bertz CT molecular complexity index is 423. The van der Waals surface area contributed by atoms with E-state index >= 15 is 0 Å². The first kappa shape index (κ1) is 11.6. The van der Waals surface area contributed by atoms with E-state index in [1.54, 1.807) is 17.0 Å². The minimum Gasteiger partial charge on any atom is -0.478 e. The average molecular weight is 268 g/mol. The average Bonchev–Trinajstić information content (AvgIpc) is 2.17. The summed E-state index contributed by atoms with van der Waals surface area (Å²) in [6.07, 6.45) is 5.18. The van der Waals surface area contributed by atoms with Crippen molar-refractivity contribution in [3.63, 3.8) is 0 Å². The van der Waals surface area contributed by atoms with E-state index in [9.17, 15) is 4.79 Å². The highest BCUT2D eigenvalue weighted by Crippen LogP contribution is 2.22. The molecule has 0 fully saturated rings. The topological polar surface area (TPSA) is 40.5 Å². The maximum absolute atomic E-state index is 10.8. The van der Waals surface area contributed by atoms with E-state index in [4.69, 9.17) is 11.5 Å². The van der Waals surface area contributed by atoms with Crippen LogP contribution in [0.5, 0.6) is 0 Å². The molecule has 1 aromatic carbocycles. The third kappa shape index (κ3) is 3.00. The highest BCUT2D eigenvalue weighted by molar-refractivity contribution is 9.10. The summed E-state index contributed by atoms with van der Waals surface area (Å²) in [5.41, 5.74) is 1.02. The van der Waals surface area contributed by atoms with Crippen LogP contribution in [0, 0.1) is 12.3 Å². The molecule has 0 aromatic heterocycles. The standard InChI is InChI=1S/C11H10BrNO2/c1-3-4-13(2)10-6-8(11(14)15)5-9(12)7-10/h1,5-7H,4H2,2H3,(H,14,15). The Morgan fingerprint density at radius 1 is 1.60 bits per heavy atom. The predicted octanol–water partition coefficient (Wildman–Crippen LogP) is 2.22. The van der Waals surface area contributed by atoms with Gasteiger partial charge < -0.3 is 10.0 Å². The Labute approximate surface area is 96.8 Å². The summed E-state index contributed by atoms with van der Waals surface area (Å²) in [7, 11) is 1.81. The first-order chi connectivity index (χ1) is 7.04. The van der Waals surface area contributed by atoms with Gasteiger partial charge >= 0.3 is 5.97 Å². The molecule has 0 aliphatic rings. The summed E-state index contributed by atoms with van der Waals surface area (Å²) in [6, 6.07) is 4.96. The molecule has 4 heteroatoms. The summed E-state index contributed by atoms with van der Waals surface area (Å²) in [6.45, 7) is 0.440. The van der Waals surface area contributed by atoms with Gasteiger partial charge in [-0.2, -0.15) is 0 Å². The van der Waals surface area contributed by atoms with Crippen molar-refractivity contribution < 1.29 is 9.90 Å². The fraction of sp³-hybridized carbons (Fsp3) is 0.182. The van der Waals surface area contributed by atoms with Crippen molar-refractivity contribution in [3.8, 4) is 12.3 Å². The van der Waals surface area contributed by atoms with Crippen molar-refractivity contribution in [1.29, 1.82) is 0 Å². The number of benzene rings is 1. The van der Waals surface area contributed by atoms with Gasteiger partial charge in [0.2, 0.25) is 0 Å². The predicted molar refractivity (Wildman–Crippen MR) is 63.2 cm³/mol. The lowest BCUT2D eigenvalue weighted by Crippen LogP contribution is -2.17. The van der Waals surface area contributed by atoms with Crippen molar-refractivity contribution in [2.45, 2.75) is 0 Å². The zero-order chi connectivity index (χ0) is 11.4. The fourth-order valence-electron chi connectivity index (χ4n) is 1.15. The van der Waals surface area contributed by atoms with Crippen LogP contribution in [0.1, 0.15) is 10.4 Å². The molecule has 0 saturated carbocycles. The molecule has 0 heterocycles. The second kappa shape index (κ2) is 4.85. The first-order valence-corrected chi connectivity index (χ1v) is 5.02. The monoisotopic (exact) mass is 267 g/mol. The second-order valence-corrected chi connectivity index (χ2v) is 3.98. The lowest BCUT2D eigenvalue weighted by atomic mass is 10.2. The number of aromatic carboxylic acids is 1. The number of hydrogen-bond donors (Lipinski definition) is 1. The molecule has 0 saturated heterocycles. The molecule has 0 bridgehead atoms. The molecule has 0 spiro atoms. The Morgan fingerprint density at radius 2 is 2.27 bits per heavy atom. The van der Waals surface area contributed by atoms with Gasteiger partial charge in [-0.25, -0.2) is 4.79 Å². The zero-order valence-corrected chi connectivity index (χ0v) is 9.78. The van der Waals surface area contributed by atoms with Crippen LogP contribution < -0.4 is 4.90 Å². The van der Waals surface area contributed by atoms with E-state index in [-0.39, 0.29) is 5.56 Å². The van der Waals surface area contributed by atoms with E-state index in [2.05, 4.69) is 21.9 Å². The third-order valence-electron chi connectivity index (χ3n) is 1.90. The molecular weight excluding hydrogens is 258 g/mol. The Kier molecular flexibility index (Phi) is 3.75. The maximum atomic E-state index is 10.8. The Hall–Kier alpha value is -1.47. The van der Waals surface area contributed by atoms with Gasteiger partial charge in [-0.05, 0) is 18.2 Å². The lowest BCUT2D eigenvalue weighted by Gasteiger charge is -2.16. The van der Waals surface area contributed by atoms with E-state index in [0.717, 1.165) is 10.2 Å². The number of halogens is 1. The highest BCUT2D eigenvalue weighted by atomic mass is 79.9. The smallest absolute Gasteiger partial charge is 0.335 e. The minimum absolute atomic E-state index is 0.239. The molecule has 1 rings (SSSR count). The molecule has 0 amide bonds. The summed E-state index contributed by atoms with van der Waals surface area (Å²) in [5.74, 6) is 1.55. The SMILES string of the molecule is C#CCN(C)c1cc(Br)cc(C(=O)O)c1. The number of hydrogen-bond acceptors (Lipinski definition) is 2. The quantitative estimate of drug-likeness (QED) is 0.854. The lowest BCUT2D eigenvalue weighted by molar-refractivity contribution is 0.0697. The Morgan fingerprint density at radius 3 is 2.80 bits per heavy atom. The van der Waals surface area contributed by atoms with Crippen molar-refractivity contribution in [2.24, 2.45) is 0 Å². The van der Waals surface area contributed by atoms with E-state index in [1.807, 2.05) is 13.1 Å². The van der Waals surface area contributed by atoms with Crippen LogP contribution in [0.2, 0.25) is 0 Å². The summed E-state index contributed by atoms with van der Waals surface area (Å²) < 4.78 is 0.723. The molecule has 1 N–H and O–H groups in total. The second-order valence-electron chi connectivity index (χ2n) is 3.06. The van der Waals surface area contributed by atoms with Crippen LogP contribution in [0.4, 0.5) is 5.69 Å². The van der Waals surface area contributed by atoms with Crippen molar-refractivity contribution in [2.75, 3.05) is 18.5 Å². The molecule has 1 aromatic rings. The summed E-state index contributed by atoms with van der Waals surface area (Å²) in [5, 5.41) is 8.87. The number of carboxylic acid groups (broad SMARTS) is 1. The first-order valence-electron chi connectivity index (χ1n) is 4.23. The molecule has 0 atom stereocenters. The number of anilines is 1. The van der Waals surface area contributed by atoms with Crippen LogP contribution in [0.25, 0.3) is 0 Å². The largest absolute Gasteiger partial charge is 0.478 e. The minimum atomic E-state index is -0.952. The fourth-order valence-corrected chi connectivity index (χ4v) is 1.63. The maximum Gasteiger partial charge on any atom is 0.335 e. The summed E-state index contributed by atoms with van der Waals surface area (Å²) >= 11 is 3.26. The van der Waals surface area contributed by atoms with Crippen LogP contribution >= 0.6 is 15.9 Å². The van der Waals surface area contributed by atoms with Crippen LogP contribution in [-0.4, -0.2) is 24.7 Å². The number of terminal acetylenes is 1. The third-order valence-corrected chi connectivity index (χ3v) is 2.36. The van der Waals surface area contributed by atoms with E-state index in [1.165, 1.54) is 0 Å². The van der Waals surface area contributed by atoms with Gasteiger partial charge in [-0.3, -0.25) is 0 Å². The molecule has 0 radical (unpaired) electrons. The molecule has 0 aliphatic carbocycles. The normalized spacial score (nSPS) is 9.40. The van der Waals surface area contributed by atoms with Crippen molar-refractivity contribution in [3.05, 3.63) is 28.2 Å².